The van der Waals surface area contributed by atoms with Crippen LogP contribution in [0, 0.1) is 0 Å². The second-order valence-corrected chi connectivity index (χ2v) is 2.15. The highest BCUT2D eigenvalue weighted by Crippen LogP contribution is 1.60. The Morgan fingerprint density at radius 2 is 2.17 bits per heavy atom. The quantitative estimate of drug-likeness (QED) is 0.417. The van der Waals surface area contributed by atoms with E-state index in [0.717, 1.165) is 0 Å². The molecule has 0 amide bonds. The molecule has 12 heavy (non-hydrogen) atoms. The number of hydrogen-bond donors (Lipinski definition) is 3. The highest BCUT2D eigenvalue weighted by Gasteiger charge is 1.84. The highest BCUT2D eigenvalue weighted by molar-refractivity contribution is 7.80. The van der Waals surface area contributed by atoms with Gasteiger partial charge in [0.25, 0.3) is 0 Å². The summed E-state index contributed by atoms with van der Waals surface area (Å²) in [7, 11) is 3.48. The number of aliphatic hydroxyl groups excluding tert-OH is 1. The molecule has 0 aliphatic heterocycles. The minimum atomic E-state index is 0.113. The third kappa shape index (κ3) is 16.2. The first-order chi connectivity index (χ1) is 5.72. The number of nitrogens with zero attached hydrogens (tertiary/aromatic N) is 1. The maximum absolute atomic E-state index is 8.26. The fourth-order valence-electron chi connectivity index (χ4n) is 0.258. The van der Waals surface area contributed by atoms with Crippen molar-refractivity contribution in [3.63, 3.8) is 0 Å². The van der Waals surface area contributed by atoms with Crippen molar-refractivity contribution in [3.8, 4) is 0 Å². The smallest absolute Gasteiger partial charge is 0.166 e. The molecule has 0 radical (unpaired) electrons. The van der Waals surface area contributed by atoms with E-state index in [9.17, 15) is 0 Å². The van der Waals surface area contributed by atoms with Crippen LogP contribution < -0.4 is 10.6 Å². The number of thiocarbonyl (C=S) groups is 1. The van der Waals surface area contributed by atoms with Crippen LogP contribution in [0.5, 0.6) is 0 Å². The molecule has 0 spiro atoms. The molecule has 0 aliphatic rings. The lowest BCUT2D eigenvalue weighted by Crippen LogP contribution is -2.34. The van der Waals surface area contributed by atoms with Gasteiger partial charge in [0.1, 0.15) is 0 Å². The Kier molecular flexibility index (Phi) is 15.0. The van der Waals surface area contributed by atoms with Crippen LogP contribution >= 0.6 is 12.2 Å². The van der Waals surface area contributed by atoms with Gasteiger partial charge < -0.3 is 20.7 Å². The Balaban J connectivity index is 0. The van der Waals surface area contributed by atoms with E-state index in [-0.39, 0.29) is 6.61 Å². The predicted molar refractivity (Wildman–Crippen MR) is 56.8 cm³/mol. The largest absolute Gasteiger partial charge is 0.395 e. The van der Waals surface area contributed by atoms with Gasteiger partial charge in [-0.2, -0.15) is 0 Å². The minimum absolute atomic E-state index is 0.113. The molecule has 0 saturated carbocycles. The number of rotatable bonds is 2. The van der Waals surface area contributed by atoms with Gasteiger partial charge >= 0.3 is 0 Å². The summed E-state index contributed by atoms with van der Waals surface area (Å²) in [6.45, 7) is 2.52. The topological polar surface area (TPSA) is 56.7 Å². The summed E-state index contributed by atoms with van der Waals surface area (Å²) in [5, 5.41) is 14.3. The molecule has 0 heterocycles. The lowest BCUT2D eigenvalue weighted by molar-refractivity contribution is 0.300. The van der Waals surface area contributed by atoms with E-state index in [2.05, 4.69) is 27.8 Å². The third-order valence-electron chi connectivity index (χ3n) is 0.883. The van der Waals surface area contributed by atoms with E-state index in [1.165, 1.54) is 0 Å². The number of hydrogen-bond acceptors (Lipinski definition) is 3. The molecule has 0 saturated heterocycles. The van der Waals surface area contributed by atoms with Crippen molar-refractivity contribution in [2.24, 2.45) is 4.99 Å². The SMILES string of the molecule is CC=NC.CNC(=S)NCCO. The van der Waals surface area contributed by atoms with Crippen molar-refractivity contribution in [2.45, 2.75) is 6.92 Å². The van der Waals surface area contributed by atoms with Gasteiger partial charge in [-0.3, -0.25) is 0 Å². The van der Waals surface area contributed by atoms with Gasteiger partial charge in [0.15, 0.2) is 5.11 Å². The van der Waals surface area contributed by atoms with E-state index in [1.54, 1.807) is 20.3 Å². The molecule has 4 nitrogen and oxygen atoms in total. The van der Waals surface area contributed by atoms with Gasteiger partial charge in [-0.1, -0.05) is 0 Å². The Bertz CT molecular complexity index is 124. The number of aliphatic imine (C=N–C) groups is 1. The van der Waals surface area contributed by atoms with Crippen molar-refractivity contribution in [1.29, 1.82) is 0 Å². The zero-order valence-corrected chi connectivity index (χ0v) is 8.61. The number of nitrogens with one attached hydrogen (secondary N) is 2. The molecule has 72 valence electrons. The van der Waals surface area contributed by atoms with Crippen LogP contribution in [0.4, 0.5) is 0 Å². The lowest BCUT2D eigenvalue weighted by Gasteiger charge is -2.02. The fourth-order valence-corrected chi connectivity index (χ4v) is 0.360. The molecule has 0 fully saturated rings. The Morgan fingerprint density at radius 1 is 1.67 bits per heavy atom. The first kappa shape index (κ1) is 13.9. The molecule has 0 aromatic heterocycles. The van der Waals surface area contributed by atoms with Crippen molar-refractivity contribution >= 4 is 23.5 Å². The Labute approximate surface area is 79.1 Å². The molecular weight excluding hydrogens is 174 g/mol. The maximum Gasteiger partial charge on any atom is 0.166 e. The average Bonchev–Trinajstić information content (AvgIpc) is 2.14. The normalized spacial score (nSPS) is 8.67. The number of aliphatic hydroxyl groups is 1. The van der Waals surface area contributed by atoms with Crippen LogP contribution in [-0.2, 0) is 0 Å². The summed E-state index contributed by atoms with van der Waals surface area (Å²) >= 11 is 4.69. The van der Waals surface area contributed by atoms with Crippen LogP contribution in [0.25, 0.3) is 0 Å². The standard InChI is InChI=1S/C4H10N2OS.C3H7N/c1-5-4(8)6-2-3-7;1-3-4-2/h7H,2-3H2,1H3,(H2,5,6,8);3H,1-2H3. The summed E-state index contributed by atoms with van der Waals surface area (Å²) in [4.78, 5) is 3.61. The second kappa shape index (κ2) is 12.9. The summed E-state index contributed by atoms with van der Waals surface area (Å²) in [6.07, 6.45) is 1.75. The first-order valence-electron chi connectivity index (χ1n) is 3.66. The van der Waals surface area contributed by atoms with E-state index in [4.69, 9.17) is 5.11 Å². The summed E-state index contributed by atoms with van der Waals surface area (Å²) in [5.41, 5.74) is 0. The van der Waals surface area contributed by atoms with E-state index in [0.29, 0.717) is 11.7 Å². The van der Waals surface area contributed by atoms with E-state index in [1.807, 2.05) is 6.92 Å². The molecule has 0 aromatic rings. The van der Waals surface area contributed by atoms with Gasteiger partial charge in [-0.15, -0.1) is 0 Å². The van der Waals surface area contributed by atoms with Crippen LogP contribution in [0.3, 0.4) is 0 Å². The summed E-state index contributed by atoms with van der Waals surface area (Å²) in [5.74, 6) is 0. The van der Waals surface area contributed by atoms with Gasteiger partial charge in [0.05, 0.1) is 6.61 Å². The summed E-state index contributed by atoms with van der Waals surface area (Å²) in [6, 6.07) is 0. The van der Waals surface area contributed by atoms with Gasteiger partial charge in [-0.05, 0) is 25.4 Å². The summed E-state index contributed by atoms with van der Waals surface area (Å²) < 4.78 is 0. The van der Waals surface area contributed by atoms with E-state index >= 15 is 0 Å². The lowest BCUT2D eigenvalue weighted by atomic mass is 10.7. The van der Waals surface area contributed by atoms with Crippen molar-refractivity contribution in [3.05, 3.63) is 0 Å². The Morgan fingerprint density at radius 3 is 2.42 bits per heavy atom. The van der Waals surface area contributed by atoms with E-state index < -0.39 is 0 Å². The monoisotopic (exact) mass is 191 g/mol. The fraction of sp³-hybridized carbons (Fsp3) is 0.714. The maximum atomic E-state index is 8.26. The molecule has 3 N–H and O–H groups in total. The second-order valence-electron chi connectivity index (χ2n) is 1.75. The van der Waals surface area contributed by atoms with Crippen molar-refractivity contribution in [2.75, 3.05) is 27.2 Å². The average molecular weight is 191 g/mol. The molecular formula is C7H17N3OS. The molecule has 0 rings (SSSR count). The van der Waals surface area contributed by atoms with Gasteiger partial charge in [-0.25, -0.2) is 0 Å². The predicted octanol–water partition coefficient (Wildman–Crippen LogP) is -0.220. The molecule has 0 bridgehead atoms. The molecule has 0 aliphatic carbocycles. The zero-order chi connectivity index (χ0) is 9.82. The van der Waals surface area contributed by atoms with Gasteiger partial charge in [0.2, 0.25) is 0 Å². The van der Waals surface area contributed by atoms with Gasteiger partial charge in [0, 0.05) is 20.6 Å². The first-order valence-corrected chi connectivity index (χ1v) is 4.06. The third-order valence-corrected chi connectivity index (χ3v) is 1.23. The van der Waals surface area contributed by atoms with Crippen LogP contribution in [0.1, 0.15) is 6.92 Å². The molecule has 0 aromatic carbocycles. The highest BCUT2D eigenvalue weighted by atomic mass is 32.1. The van der Waals surface area contributed by atoms with Crippen molar-refractivity contribution < 1.29 is 5.11 Å². The Hall–Kier alpha value is -0.680. The van der Waals surface area contributed by atoms with Crippen LogP contribution in [-0.4, -0.2) is 43.7 Å². The zero-order valence-electron chi connectivity index (χ0n) is 7.79. The van der Waals surface area contributed by atoms with Crippen molar-refractivity contribution in [1.82, 2.24) is 10.6 Å². The minimum Gasteiger partial charge on any atom is -0.395 e. The molecule has 0 atom stereocenters. The van der Waals surface area contributed by atoms with Crippen LogP contribution in [0.2, 0.25) is 0 Å². The molecule has 0 unspecified atom stereocenters. The van der Waals surface area contributed by atoms with Crippen LogP contribution in [0.15, 0.2) is 4.99 Å². The molecule has 5 heteroatoms.